The smallest absolute Gasteiger partial charge is 0.259 e. The van der Waals surface area contributed by atoms with E-state index in [4.69, 9.17) is 4.98 Å². The van der Waals surface area contributed by atoms with Crippen LogP contribution in [0.2, 0.25) is 0 Å². The molecule has 2 heterocycles. The summed E-state index contributed by atoms with van der Waals surface area (Å²) in [6.07, 6.45) is 0.795. The third kappa shape index (κ3) is 4.77. The number of nitrogens with zero attached hydrogens (tertiary/aromatic N) is 4. The Morgan fingerprint density at radius 3 is 2.06 bits per heavy atom. The highest BCUT2D eigenvalue weighted by Gasteiger charge is 2.27. The lowest BCUT2D eigenvalue weighted by atomic mass is 9.97. The first kappa shape index (κ1) is 23.1. The molecule has 35 heavy (non-hydrogen) atoms. The van der Waals surface area contributed by atoms with Gasteiger partial charge in [-0.3, -0.25) is 14.3 Å². The molecule has 178 valence electrons. The van der Waals surface area contributed by atoms with Gasteiger partial charge in [-0.2, -0.15) is 0 Å². The van der Waals surface area contributed by atoms with Gasteiger partial charge in [0, 0.05) is 45.8 Å². The van der Waals surface area contributed by atoms with Gasteiger partial charge >= 0.3 is 0 Å². The number of aromatic nitrogens is 2. The number of rotatable bonds is 6. The molecule has 3 aromatic carbocycles. The number of aryl methyl sites for hydroxylation is 1. The molecule has 0 bridgehead atoms. The van der Waals surface area contributed by atoms with Crippen LogP contribution >= 0.6 is 0 Å². The SMILES string of the molecule is Cc1nc2c(c(=O)n1C(c1ccccc1)c1ccccc1)CN(Cc1ccc(N(C)C)cc1)CC2. The van der Waals surface area contributed by atoms with Crippen LogP contribution in [0.1, 0.15) is 39.8 Å². The van der Waals surface area contributed by atoms with Crippen molar-refractivity contribution in [3.05, 3.63) is 129 Å². The van der Waals surface area contributed by atoms with E-state index in [1.807, 2.05) is 47.9 Å². The number of fused-ring (bicyclic) bond motifs is 1. The van der Waals surface area contributed by atoms with Gasteiger partial charge in [0.05, 0.1) is 17.3 Å². The highest BCUT2D eigenvalue weighted by Crippen LogP contribution is 2.27. The Labute approximate surface area is 207 Å². The summed E-state index contributed by atoms with van der Waals surface area (Å²) in [7, 11) is 4.10. The van der Waals surface area contributed by atoms with Gasteiger partial charge in [-0.05, 0) is 35.7 Å². The van der Waals surface area contributed by atoms with E-state index in [-0.39, 0.29) is 11.6 Å². The summed E-state index contributed by atoms with van der Waals surface area (Å²) in [6.45, 7) is 4.30. The standard InChI is InChI=1S/C30H32N4O/c1-22-31-28-18-19-33(20-23-14-16-26(17-15-23)32(2)3)21-27(28)30(35)34(22)29(24-10-6-4-7-11-24)25-12-8-5-9-13-25/h4-17,29H,18-21H2,1-3H3. The van der Waals surface area contributed by atoms with E-state index in [0.29, 0.717) is 6.54 Å². The molecule has 1 aromatic heterocycles. The second-order valence-electron chi connectivity index (χ2n) is 9.50. The van der Waals surface area contributed by atoms with Crippen molar-refractivity contribution < 1.29 is 0 Å². The second kappa shape index (κ2) is 9.88. The van der Waals surface area contributed by atoms with E-state index < -0.39 is 0 Å². The van der Waals surface area contributed by atoms with Gasteiger partial charge in [0.1, 0.15) is 5.82 Å². The minimum atomic E-state index is -0.211. The minimum absolute atomic E-state index is 0.0675. The van der Waals surface area contributed by atoms with Crippen LogP contribution in [0, 0.1) is 6.92 Å². The molecule has 5 nitrogen and oxygen atoms in total. The topological polar surface area (TPSA) is 41.4 Å². The van der Waals surface area contributed by atoms with Crippen LogP contribution in [0.3, 0.4) is 0 Å². The van der Waals surface area contributed by atoms with Gasteiger partial charge in [0.2, 0.25) is 0 Å². The zero-order valence-corrected chi connectivity index (χ0v) is 20.7. The Balaban J connectivity index is 1.50. The van der Waals surface area contributed by atoms with Crippen LogP contribution in [0.4, 0.5) is 5.69 Å². The van der Waals surface area contributed by atoms with Gasteiger partial charge in [-0.15, -0.1) is 0 Å². The Hall–Kier alpha value is -3.70. The minimum Gasteiger partial charge on any atom is -0.378 e. The van der Waals surface area contributed by atoms with Crippen LogP contribution in [0.5, 0.6) is 0 Å². The summed E-state index contributed by atoms with van der Waals surface area (Å²) in [5, 5.41) is 0. The molecular formula is C30H32N4O. The van der Waals surface area contributed by atoms with Crippen LogP contribution in [0.25, 0.3) is 0 Å². The molecule has 0 atom stereocenters. The summed E-state index contributed by atoms with van der Waals surface area (Å²) < 4.78 is 1.89. The molecule has 0 saturated carbocycles. The van der Waals surface area contributed by atoms with Gasteiger partial charge in [0.15, 0.2) is 0 Å². The van der Waals surface area contributed by atoms with Crippen molar-refractivity contribution in [1.29, 1.82) is 0 Å². The summed E-state index contributed by atoms with van der Waals surface area (Å²) in [5.74, 6) is 0.763. The molecule has 1 aliphatic rings. The number of hydrogen-bond donors (Lipinski definition) is 0. The fourth-order valence-electron chi connectivity index (χ4n) is 5.02. The fraction of sp³-hybridized carbons (Fsp3) is 0.267. The average Bonchev–Trinajstić information content (AvgIpc) is 2.88. The Kier molecular flexibility index (Phi) is 6.51. The maximum Gasteiger partial charge on any atom is 0.259 e. The van der Waals surface area contributed by atoms with Crippen LogP contribution in [-0.4, -0.2) is 35.1 Å². The first-order valence-electron chi connectivity index (χ1n) is 12.2. The average molecular weight is 465 g/mol. The van der Waals surface area contributed by atoms with Gasteiger partial charge < -0.3 is 4.90 Å². The lowest BCUT2D eigenvalue weighted by molar-refractivity contribution is 0.240. The Morgan fingerprint density at radius 1 is 0.886 bits per heavy atom. The Morgan fingerprint density at radius 2 is 1.49 bits per heavy atom. The normalized spacial score (nSPS) is 13.6. The van der Waals surface area contributed by atoms with E-state index in [1.165, 1.54) is 11.3 Å². The highest BCUT2D eigenvalue weighted by atomic mass is 16.1. The lowest BCUT2D eigenvalue weighted by Gasteiger charge is -2.30. The van der Waals surface area contributed by atoms with Crippen molar-refractivity contribution in [2.75, 3.05) is 25.5 Å². The molecular weight excluding hydrogens is 432 g/mol. The second-order valence-corrected chi connectivity index (χ2v) is 9.50. The van der Waals surface area contributed by atoms with E-state index in [9.17, 15) is 4.79 Å². The third-order valence-corrected chi connectivity index (χ3v) is 6.86. The van der Waals surface area contributed by atoms with Crippen molar-refractivity contribution >= 4 is 5.69 Å². The zero-order chi connectivity index (χ0) is 24.4. The predicted octanol–water partition coefficient (Wildman–Crippen LogP) is 4.81. The molecule has 5 rings (SSSR count). The van der Waals surface area contributed by atoms with Crippen LogP contribution in [0.15, 0.2) is 89.7 Å². The zero-order valence-electron chi connectivity index (χ0n) is 20.7. The molecule has 1 aliphatic heterocycles. The highest BCUT2D eigenvalue weighted by molar-refractivity contribution is 5.46. The largest absolute Gasteiger partial charge is 0.378 e. The van der Waals surface area contributed by atoms with E-state index in [2.05, 4.69) is 72.4 Å². The van der Waals surface area contributed by atoms with Crippen molar-refractivity contribution in [3.63, 3.8) is 0 Å². The molecule has 0 fully saturated rings. The summed E-state index contributed by atoms with van der Waals surface area (Å²) in [6, 6.07) is 28.9. The summed E-state index contributed by atoms with van der Waals surface area (Å²) >= 11 is 0. The first-order valence-corrected chi connectivity index (χ1v) is 12.2. The predicted molar refractivity (Wildman–Crippen MR) is 142 cm³/mol. The maximum absolute atomic E-state index is 14.0. The van der Waals surface area contributed by atoms with E-state index >= 15 is 0 Å². The summed E-state index contributed by atoms with van der Waals surface area (Å²) in [4.78, 5) is 23.4. The van der Waals surface area contributed by atoms with Crippen molar-refractivity contribution in [2.24, 2.45) is 0 Å². The van der Waals surface area contributed by atoms with Gasteiger partial charge in [0.25, 0.3) is 5.56 Å². The molecule has 0 amide bonds. The van der Waals surface area contributed by atoms with Crippen molar-refractivity contribution in [3.8, 4) is 0 Å². The molecule has 5 heteroatoms. The summed E-state index contributed by atoms with van der Waals surface area (Å²) in [5.41, 5.74) is 6.45. The van der Waals surface area contributed by atoms with Gasteiger partial charge in [-0.1, -0.05) is 72.8 Å². The quantitative estimate of drug-likeness (QED) is 0.411. The molecule has 0 spiro atoms. The fourth-order valence-corrected chi connectivity index (χ4v) is 5.02. The van der Waals surface area contributed by atoms with E-state index in [0.717, 1.165) is 47.7 Å². The molecule has 4 aromatic rings. The van der Waals surface area contributed by atoms with Crippen molar-refractivity contribution in [1.82, 2.24) is 14.5 Å². The van der Waals surface area contributed by atoms with Gasteiger partial charge in [-0.25, -0.2) is 4.98 Å². The lowest BCUT2D eigenvalue weighted by Crippen LogP contribution is -2.40. The number of anilines is 1. The van der Waals surface area contributed by atoms with Crippen molar-refractivity contribution in [2.45, 2.75) is 32.5 Å². The third-order valence-electron chi connectivity index (χ3n) is 6.86. The molecule has 0 unspecified atom stereocenters. The molecule has 0 N–H and O–H groups in total. The Bertz CT molecular complexity index is 1310. The van der Waals surface area contributed by atoms with E-state index in [1.54, 1.807) is 0 Å². The molecule has 0 radical (unpaired) electrons. The van der Waals surface area contributed by atoms with Crippen LogP contribution in [-0.2, 0) is 19.5 Å². The number of benzene rings is 3. The molecule has 0 aliphatic carbocycles. The molecule has 0 saturated heterocycles. The first-order chi connectivity index (χ1) is 17.0. The monoisotopic (exact) mass is 464 g/mol. The maximum atomic E-state index is 14.0. The van der Waals surface area contributed by atoms with Crippen LogP contribution < -0.4 is 10.5 Å². The number of hydrogen-bond acceptors (Lipinski definition) is 4.